The first-order chi connectivity index (χ1) is 17.9. The smallest absolute Gasteiger partial charge is 0.271 e. The number of hydrogen-bond donors (Lipinski definition) is 2. The molecule has 190 valence electrons. The molecule has 4 aromatic rings. The van der Waals surface area contributed by atoms with E-state index in [-0.39, 0.29) is 10.8 Å². The molecule has 0 bridgehead atoms. The maximum atomic E-state index is 12.3. The molecule has 37 heavy (non-hydrogen) atoms. The summed E-state index contributed by atoms with van der Waals surface area (Å²) in [5.74, 6) is -0.475. The van der Waals surface area contributed by atoms with Crippen molar-refractivity contribution in [2.45, 2.75) is 20.4 Å². The van der Waals surface area contributed by atoms with E-state index in [4.69, 9.17) is 16.2 Å². The first-order valence-corrected chi connectivity index (χ1v) is 12.4. The van der Waals surface area contributed by atoms with Crippen LogP contribution in [0.25, 0.3) is 11.0 Å². The quantitative estimate of drug-likeness (QED) is 0.290. The number of aromatic hydroxyl groups is 1. The van der Waals surface area contributed by atoms with E-state index in [2.05, 4.69) is 56.6 Å². The second-order valence-corrected chi connectivity index (χ2v) is 9.55. The largest absolute Gasteiger partial charge is 0.506 e. The number of hydrogen-bond acceptors (Lipinski definition) is 8. The number of amides is 1. The van der Waals surface area contributed by atoms with Crippen molar-refractivity contribution in [2.24, 2.45) is 5.10 Å². The molecule has 1 saturated heterocycles. The lowest BCUT2D eigenvalue weighted by atomic mass is 10.0. The average Bonchev–Trinajstić information content (AvgIpc) is 3.37. The zero-order chi connectivity index (χ0) is 25.9. The lowest BCUT2D eigenvalue weighted by Gasteiger charge is -2.37. The summed E-state index contributed by atoms with van der Waals surface area (Å²) in [6, 6.07) is 14.5. The van der Waals surface area contributed by atoms with Crippen molar-refractivity contribution in [3.63, 3.8) is 0 Å². The van der Waals surface area contributed by atoms with Crippen molar-refractivity contribution in [2.75, 3.05) is 31.1 Å². The van der Waals surface area contributed by atoms with Crippen LogP contribution in [0.3, 0.4) is 0 Å². The van der Waals surface area contributed by atoms with Gasteiger partial charge in [-0.25, -0.2) is 10.1 Å². The lowest BCUT2D eigenvalue weighted by molar-refractivity contribution is 0.0955. The SMILES string of the molecule is Cc1c(/C=N/NC(=O)c2ccc(O)c(Cl)c2)ccc(N2CCN(Cc3ccc4nonc4c3)CC2)c1C. The molecule has 1 aliphatic rings. The van der Waals surface area contributed by atoms with Gasteiger partial charge in [0.05, 0.1) is 11.2 Å². The Kier molecular flexibility index (Phi) is 7.07. The Morgan fingerprint density at radius 3 is 2.62 bits per heavy atom. The third-order valence-electron chi connectivity index (χ3n) is 6.82. The lowest BCUT2D eigenvalue weighted by Crippen LogP contribution is -2.46. The van der Waals surface area contributed by atoms with Crippen LogP contribution in [0.2, 0.25) is 5.02 Å². The molecule has 1 amide bonds. The maximum Gasteiger partial charge on any atom is 0.271 e. The second kappa shape index (κ2) is 10.6. The molecule has 1 aromatic heterocycles. The Morgan fingerprint density at radius 2 is 1.84 bits per heavy atom. The summed E-state index contributed by atoms with van der Waals surface area (Å²) in [6.45, 7) is 8.85. The van der Waals surface area contributed by atoms with Crippen LogP contribution in [0.5, 0.6) is 5.75 Å². The number of fused-ring (bicyclic) bond motifs is 1. The number of aromatic nitrogens is 2. The minimum absolute atomic E-state index is 0.0723. The zero-order valence-electron chi connectivity index (χ0n) is 20.6. The topological polar surface area (TPSA) is 107 Å². The van der Waals surface area contributed by atoms with Gasteiger partial charge in [-0.1, -0.05) is 23.7 Å². The highest BCUT2D eigenvalue weighted by Crippen LogP contribution is 2.27. The van der Waals surface area contributed by atoms with Gasteiger partial charge in [0, 0.05) is 44.0 Å². The molecule has 0 saturated carbocycles. The first-order valence-electron chi connectivity index (χ1n) is 12.0. The van der Waals surface area contributed by atoms with Gasteiger partial charge in [-0.15, -0.1) is 0 Å². The number of benzene rings is 3. The first kappa shape index (κ1) is 24.7. The van der Waals surface area contributed by atoms with Crippen LogP contribution in [0.4, 0.5) is 5.69 Å². The van der Waals surface area contributed by atoms with Crippen LogP contribution >= 0.6 is 11.6 Å². The van der Waals surface area contributed by atoms with E-state index in [1.54, 1.807) is 6.21 Å². The van der Waals surface area contributed by atoms with Crippen molar-refractivity contribution >= 4 is 40.4 Å². The fourth-order valence-corrected chi connectivity index (χ4v) is 4.69. The predicted octanol–water partition coefficient (Wildman–Crippen LogP) is 4.28. The normalized spacial score (nSPS) is 14.5. The number of halogens is 1. The number of phenols is 1. The van der Waals surface area contributed by atoms with E-state index in [1.807, 2.05) is 18.2 Å². The number of nitrogens with zero attached hydrogens (tertiary/aromatic N) is 5. The van der Waals surface area contributed by atoms with Gasteiger partial charge in [-0.05, 0) is 82.8 Å². The molecule has 0 atom stereocenters. The summed E-state index contributed by atoms with van der Waals surface area (Å²) in [5.41, 5.74) is 10.0. The Morgan fingerprint density at radius 1 is 1.05 bits per heavy atom. The number of rotatable bonds is 6. The minimum atomic E-state index is -0.403. The predicted molar refractivity (Wildman–Crippen MR) is 143 cm³/mol. The van der Waals surface area contributed by atoms with Gasteiger partial charge in [-0.3, -0.25) is 9.69 Å². The van der Waals surface area contributed by atoms with Crippen LogP contribution in [0, 0.1) is 13.8 Å². The van der Waals surface area contributed by atoms with Gasteiger partial charge in [0.25, 0.3) is 5.91 Å². The van der Waals surface area contributed by atoms with Crippen molar-refractivity contribution in [3.8, 4) is 5.75 Å². The highest BCUT2D eigenvalue weighted by Gasteiger charge is 2.20. The van der Waals surface area contributed by atoms with E-state index >= 15 is 0 Å². The van der Waals surface area contributed by atoms with Gasteiger partial charge in [0.15, 0.2) is 0 Å². The van der Waals surface area contributed by atoms with Crippen LogP contribution in [-0.4, -0.2) is 58.6 Å². The third-order valence-corrected chi connectivity index (χ3v) is 7.12. The van der Waals surface area contributed by atoms with Crippen LogP contribution < -0.4 is 10.3 Å². The molecule has 1 aliphatic heterocycles. The van der Waals surface area contributed by atoms with Gasteiger partial charge < -0.3 is 10.0 Å². The van der Waals surface area contributed by atoms with E-state index in [0.29, 0.717) is 5.56 Å². The summed E-state index contributed by atoms with van der Waals surface area (Å²) in [5, 5.41) is 21.6. The Hall–Kier alpha value is -3.95. The van der Waals surface area contributed by atoms with E-state index in [9.17, 15) is 9.90 Å². The summed E-state index contributed by atoms with van der Waals surface area (Å²) in [7, 11) is 0. The number of hydrazone groups is 1. The van der Waals surface area contributed by atoms with Gasteiger partial charge in [-0.2, -0.15) is 5.10 Å². The van der Waals surface area contributed by atoms with Crippen molar-refractivity contribution in [1.82, 2.24) is 20.6 Å². The Balaban J connectivity index is 1.19. The highest BCUT2D eigenvalue weighted by atomic mass is 35.5. The standard InChI is InChI=1S/C27H27ClN6O3/c1-17-18(2)25(7-4-21(17)15-29-30-27(36)20-5-8-26(35)22(28)14-20)34-11-9-33(10-12-34)16-19-3-6-23-24(13-19)32-37-31-23/h3-8,13-15,35H,9-12,16H2,1-2H3,(H,30,36)/b29-15+. The molecule has 0 radical (unpaired) electrons. The fraction of sp³-hybridized carbons (Fsp3) is 0.259. The van der Waals surface area contributed by atoms with Crippen LogP contribution in [0.15, 0.2) is 58.3 Å². The Bertz CT molecular complexity index is 1480. The van der Waals surface area contributed by atoms with Gasteiger partial charge in [0.1, 0.15) is 16.8 Å². The minimum Gasteiger partial charge on any atom is -0.506 e. The van der Waals surface area contributed by atoms with E-state index < -0.39 is 5.91 Å². The van der Waals surface area contributed by atoms with Gasteiger partial charge >= 0.3 is 0 Å². The molecule has 10 heteroatoms. The summed E-state index contributed by atoms with van der Waals surface area (Å²) in [4.78, 5) is 17.2. The number of anilines is 1. The molecular weight excluding hydrogens is 492 g/mol. The Labute approximate surface area is 219 Å². The molecule has 3 aromatic carbocycles. The molecule has 2 heterocycles. The molecule has 9 nitrogen and oxygen atoms in total. The number of carbonyl (C=O) groups is 1. The average molecular weight is 519 g/mol. The van der Waals surface area contributed by atoms with Crippen molar-refractivity contribution in [1.29, 1.82) is 0 Å². The molecule has 0 aliphatic carbocycles. The van der Waals surface area contributed by atoms with Crippen LogP contribution in [0.1, 0.15) is 32.6 Å². The zero-order valence-corrected chi connectivity index (χ0v) is 21.4. The molecule has 1 fully saturated rings. The summed E-state index contributed by atoms with van der Waals surface area (Å²) >= 11 is 5.88. The molecule has 0 unspecified atom stereocenters. The van der Waals surface area contributed by atoms with Crippen molar-refractivity contribution in [3.05, 3.63) is 81.4 Å². The molecule has 0 spiro atoms. The highest BCUT2D eigenvalue weighted by molar-refractivity contribution is 6.32. The molecule has 5 rings (SSSR count). The number of piperazine rings is 1. The summed E-state index contributed by atoms with van der Waals surface area (Å²) in [6.07, 6.45) is 1.64. The van der Waals surface area contributed by atoms with Gasteiger partial charge in [0.2, 0.25) is 0 Å². The number of nitrogens with one attached hydrogen (secondary N) is 1. The third kappa shape index (κ3) is 5.42. The molecular formula is C27H27ClN6O3. The summed E-state index contributed by atoms with van der Waals surface area (Å²) < 4.78 is 4.80. The van der Waals surface area contributed by atoms with E-state index in [1.165, 1.54) is 35.0 Å². The fourth-order valence-electron chi connectivity index (χ4n) is 4.51. The van der Waals surface area contributed by atoms with Crippen LogP contribution in [-0.2, 0) is 6.54 Å². The second-order valence-electron chi connectivity index (χ2n) is 9.14. The number of phenolic OH excluding ortho intramolecular Hbond substituents is 1. The van der Waals surface area contributed by atoms with Crippen molar-refractivity contribution < 1.29 is 14.5 Å². The van der Waals surface area contributed by atoms with E-state index in [0.717, 1.165) is 54.9 Å². The monoisotopic (exact) mass is 518 g/mol. The molecule has 2 N–H and O–H groups in total. The number of carbonyl (C=O) groups excluding carboxylic acids is 1. The maximum absolute atomic E-state index is 12.3.